The van der Waals surface area contributed by atoms with Gasteiger partial charge < -0.3 is 9.67 Å². The lowest BCUT2D eigenvalue weighted by molar-refractivity contribution is 0.0939. The highest BCUT2D eigenvalue weighted by molar-refractivity contribution is 6.01. The van der Waals surface area contributed by atoms with Gasteiger partial charge in [0, 0.05) is 18.5 Å². The highest BCUT2D eigenvalue weighted by atomic mass is 16.3. The standard InChI is InChI=1S/C14H18N2O2/c1-8(2)14(18)10-6-11-12(5-9(10)3)16(4)13(7-17)15-11/h5-6,8,17H,7H2,1-4H3. The number of hydrogen-bond acceptors (Lipinski definition) is 3. The van der Waals surface area contributed by atoms with Gasteiger partial charge in [0.1, 0.15) is 12.4 Å². The van der Waals surface area contributed by atoms with Gasteiger partial charge in [-0.15, -0.1) is 0 Å². The zero-order chi connectivity index (χ0) is 13.4. The Morgan fingerprint density at radius 1 is 1.44 bits per heavy atom. The Kier molecular flexibility index (Phi) is 3.22. The number of aliphatic hydroxyl groups excluding tert-OH is 1. The number of carbonyl (C=O) groups excluding carboxylic acids is 1. The third-order valence-electron chi connectivity index (χ3n) is 3.25. The van der Waals surface area contributed by atoms with Crippen LogP contribution in [0.3, 0.4) is 0 Å². The van der Waals surface area contributed by atoms with E-state index < -0.39 is 0 Å². The zero-order valence-electron chi connectivity index (χ0n) is 11.2. The summed E-state index contributed by atoms with van der Waals surface area (Å²) in [4.78, 5) is 16.4. The molecule has 0 aliphatic heterocycles. The van der Waals surface area contributed by atoms with Crippen molar-refractivity contribution < 1.29 is 9.90 Å². The Bertz CT molecular complexity index is 612. The molecular formula is C14H18N2O2. The van der Waals surface area contributed by atoms with Gasteiger partial charge in [0.2, 0.25) is 0 Å². The van der Waals surface area contributed by atoms with Gasteiger partial charge >= 0.3 is 0 Å². The minimum atomic E-state index is -0.0995. The average molecular weight is 246 g/mol. The number of aliphatic hydroxyl groups is 1. The molecular weight excluding hydrogens is 228 g/mol. The Labute approximate surface area is 106 Å². The van der Waals surface area contributed by atoms with Crippen molar-refractivity contribution in [2.45, 2.75) is 27.4 Å². The van der Waals surface area contributed by atoms with Crippen LogP contribution in [-0.2, 0) is 13.7 Å². The number of Topliss-reactive ketones (excluding diaryl/α,β-unsaturated/α-hetero) is 1. The molecule has 2 aromatic rings. The van der Waals surface area contributed by atoms with Crippen LogP contribution in [0.5, 0.6) is 0 Å². The summed E-state index contributed by atoms with van der Waals surface area (Å²) in [6.07, 6.45) is 0. The van der Waals surface area contributed by atoms with Crippen molar-refractivity contribution in [2.75, 3.05) is 0 Å². The molecule has 0 spiro atoms. The predicted molar refractivity (Wildman–Crippen MR) is 70.5 cm³/mol. The first-order valence-corrected chi connectivity index (χ1v) is 6.06. The molecule has 1 aromatic carbocycles. The smallest absolute Gasteiger partial charge is 0.165 e. The summed E-state index contributed by atoms with van der Waals surface area (Å²) in [6.45, 7) is 5.62. The lowest BCUT2D eigenvalue weighted by Gasteiger charge is -2.08. The average Bonchev–Trinajstić information content (AvgIpc) is 2.64. The Morgan fingerprint density at radius 2 is 2.11 bits per heavy atom. The highest BCUT2D eigenvalue weighted by Gasteiger charge is 2.16. The minimum Gasteiger partial charge on any atom is -0.388 e. The molecule has 0 aliphatic carbocycles. The molecule has 0 fully saturated rings. The molecule has 1 aromatic heterocycles. The number of aromatic nitrogens is 2. The Balaban J connectivity index is 2.66. The molecule has 0 saturated carbocycles. The van der Waals surface area contributed by atoms with E-state index in [1.54, 1.807) is 0 Å². The van der Waals surface area contributed by atoms with Crippen molar-refractivity contribution in [3.05, 3.63) is 29.1 Å². The number of rotatable bonds is 3. The molecule has 0 amide bonds. The summed E-state index contributed by atoms with van der Waals surface area (Å²) in [5.74, 6) is 0.714. The van der Waals surface area contributed by atoms with Crippen LogP contribution in [-0.4, -0.2) is 20.4 Å². The third-order valence-corrected chi connectivity index (χ3v) is 3.25. The van der Waals surface area contributed by atoms with E-state index in [1.165, 1.54) is 0 Å². The van der Waals surface area contributed by atoms with E-state index in [1.807, 2.05) is 44.5 Å². The third kappa shape index (κ3) is 1.93. The van der Waals surface area contributed by atoms with Gasteiger partial charge in [-0.1, -0.05) is 13.8 Å². The highest BCUT2D eigenvalue weighted by Crippen LogP contribution is 2.22. The molecule has 96 valence electrons. The molecule has 2 rings (SSSR count). The van der Waals surface area contributed by atoms with Crippen molar-refractivity contribution in [1.82, 2.24) is 9.55 Å². The van der Waals surface area contributed by atoms with Gasteiger partial charge in [0.25, 0.3) is 0 Å². The molecule has 4 nitrogen and oxygen atoms in total. The number of fused-ring (bicyclic) bond motifs is 1. The number of nitrogens with zero attached hydrogens (tertiary/aromatic N) is 2. The Morgan fingerprint density at radius 3 is 2.67 bits per heavy atom. The van der Waals surface area contributed by atoms with E-state index in [0.717, 1.165) is 22.2 Å². The fourth-order valence-electron chi connectivity index (χ4n) is 2.11. The van der Waals surface area contributed by atoms with E-state index >= 15 is 0 Å². The lowest BCUT2D eigenvalue weighted by atomic mass is 9.96. The first kappa shape index (κ1) is 12.8. The molecule has 1 N–H and O–H groups in total. The van der Waals surface area contributed by atoms with Crippen molar-refractivity contribution >= 4 is 16.8 Å². The first-order valence-electron chi connectivity index (χ1n) is 6.06. The molecule has 0 radical (unpaired) electrons. The molecule has 18 heavy (non-hydrogen) atoms. The maximum absolute atomic E-state index is 12.1. The normalized spacial score (nSPS) is 11.4. The first-order chi connectivity index (χ1) is 8.45. The fourth-order valence-corrected chi connectivity index (χ4v) is 2.11. The molecule has 0 bridgehead atoms. The van der Waals surface area contributed by atoms with E-state index in [4.69, 9.17) is 0 Å². The van der Waals surface area contributed by atoms with Gasteiger partial charge in [-0.3, -0.25) is 4.79 Å². The van der Waals surface area contributed by atoms with Crippen molar-refractivity contribution in [1.29, 1.82) is 0 Å². The quantitative estimate of drug-likeness (QED) is 0.845. The minimum absolute atomic E-state index is 0.0258. The number of ketones is 1. The second-order valence-electron chi connectivity index (χ2n) is 4.92. The SMILES string of the molecule is Cc1cc2c(cc1C(=O)C(C)C)nc(CO)n2C. The second-order valence-corrected chi connectivity index (χ2v) is 4.92. The zero-order valence-corrected chi connectivity index (χ0v) is 11.2. The van der Waals surface area contributed by atoms with Gasteiger partial charge in [-0.05, 0) is 24.6 Å². The molecule has 0 atom stereocenters. The largest absolute Gasteiger partial charge is 0.388 e. The van der Waals surface area contributed by atoms with E-state index in [0.29, 0.717) is 5.82 Å². The van der Waals surface area contributed by atoms with Gasteiger partial charge in [-0.2, -0.15) is 0 Å². The maximum atomic E-state index is 12.1. The lowest BCUT2D eigenvalue weighted by Crippen LogP contribution is -2.09. The van der Waals surface area contributed by atoms with Crippen LogP contribution in [0.15, 0.2) is 12.1 Å². The van der Waals surface area contributed by atoms with Crippen LogP contribution >= 0.6 is 0 Å². The summed E-state index contributed by atoms with van der Waals surface area (Å²) in [5.41, 5.74) is 3.38. The molecule has 0 aliphatic rings. The second kappa shape index (κ2) is 4.53. The van der Waals surface area contributed by atoms with Crippen LogP contribution in [0.25, 0.3) is 11.0 Å². The number of benzene rings is 1. The number of imidazole rings is 1. The van der Waals surface area contributed by atoms with Crippen LogP contribution in [0.1, 0.15) is 35.6 Å². The van der Waals surface area contributed by atoms with Crippen molar-refractivity contribution in [3.8, 4) is 0 Å². The monoisotopic (exact) mass is 246 g/mol. The maximum Gasteiger partial charge on any atom is 0.165 e. The van der Waals surface area contributed by atoms with Crippen molar-refractivity contribution in [3.63, 3.8) is 0 Å². The van der Waals surface area contributed by atoms with Gasteiger partial charge in [0.05, 0.1) is 11.0 Å². The number of hydrogen-bond donors (Lipinski definition) is 1. The predicted octanol–water partition coefficient (Wildman–Crippen LogP) is 2.21. The van der Waals surface area contributed by atoms with Crippen LogP contribution in [0.4, 0.5) is 0 Å². The topological polar surface area (TPSA) is 55.1 Å². The summed E-state index contributed by atoms with van der Waals surface area (Å²) >= 11 is 0. The van der Waals surface area contributed by atoms with Crippen LogP contribution < -0.4 is 0 Å². The van der Waals surface area contributed by atoms with Gasteiger partial charge in [0.15, 0.2) is 5.78 Å². The molecule has 1 heterocycles. The van der Waals surface area contributed by atoms with Crippen LogP contribution in [0.2, 0.25) is 0 Å². The number of aryl methyl sites for hydroxylation is 2. The summed E-state index contributed by atoms with van der Waals surface area (Å²) in [7, 11) is 1.87. The van der Waals surface area contributed by atoms with E-state index in [-0.39, 0.29) is 18.3 Å². The number of carbonyl (C=O) groups is 1. The van der Waals surface area contributed by atoms with E-state index in [9.17, 15) is 9.90 Å². The van der Waals surface area contributed by atoms with Crippen molar-refractivity contribution in [2.24, 2.45) is 13.0 Å². The summed E-state index contributed by atoms with van der Waals surface area (Å²) in [6, 6.07) is 3.78. The molecule has 0 saturated heterocycles. The Hall–Kier alpha value is -1.68. The molecule has 4 heteroatoms. The van der Waals surface area contributed by atoms with E-state index in [2.05, 4.69) is 4.98 Å². The summed E-state index contributed by atoms with van der Waals surface area (Å²) in [5, 5.41) is 9.21. The summed E-state index contributed by atoms with van der Waals surface area (Å²) < 4.78 is 1.85. The van der Waals surface area contributed by atoms with Crippen LogP contribution in [0, 0.1) is 12.8 Å². The molecule has 0 unspecified atom stereocenters. The fraction of sp³-hybridized carbons (Fsp3) is 0.429. The van der Waals surface area contributed by atoms with Gasteiger partial charge in [-0.25, -0.2) is 4.98 Å².